The average molecular weight is 499 g/mol. The Morgan fingerprint density at radius 1 is 1.09 bits per heavy atom. The van der Waals surface area contributed by atoms with E-state index in [0.29, 0.717) is 29.2 Å². The number of ether oxygens (including phenoxy) is 1. The second kappa shape index (κ2) is 11.4. The lowest BCUT2D eigenvalue weighted by Gasteiger charge is -2.26. The molecule has 0 saturated carbocycles. The van der Waals surface area contributed by atoms with Gasteiger partial charge in [0, 0.05) is 5.56 Å². The number of carbonyl (C=O) groups is 1. The lowest BCUT2D eigenvalue weighted by atomic mass is 9.79. The molecule has 0 aromatic heterocycles. The third kappa shape index (κ3) is 6.54. The summed E-state index contributed by atoms with van der Waals surface area (Å²) in [5.41, 5.74) is 2.97. The van der Waals surface area contributed by atoms with E-state index in [1.165, 1.54) is 12.8 Å². The van der Waals surface area contributed by atoms with Crippen LogP contribution in [0.3, 0.4) is 0 Å². The minimum absolute atomic E-state index is 0.139. The highest BCUT2D eigenvalue weighted by atomic mass is 32.2. The number of rotatable bonds is 10. The fourth-order valence-corrected chi connectivity index (χ4v) is 6.44. The number of benzene rings is 2. The van der Waals surface area contributed by atoms with Crippen LogP contribution in [0.15, 0.2) is 41.3 Å². The van der Waals surface area contributed by atoms with E-state index < -0.39 is 15.8 Å². The molecule has 0 fully saturated rings. The van der Waals surface area contributed by atoms with Crippen LogP contribution in [0.25, 0.3) is 11.6 Å². The van der Waals surface area contributed by atoms with Crippen molar-refractivity contribution in [1.29, 1.82) is 0 Å². The number of hydrogen-bond donors (Lipinski definition) is 1. The quantitative estimate of drug-likeness (QED) is 0.278. The Hall–Kier alpha value is -2.60. The Labute approximate surface area is 210 Å². The van der Waals surface area contributed by atoms with Crippen molar-refractivity contribution in [1.82, 2.24) is 0 Å². The van der Waals surface area contributed by atoms with E-state index in [0.717, 1.165) is 42.4 Å². The lowest BCUT2D eigenvalue weighted by Crippen LogP contribution is -2.18. The molecule has 0 bridgehead atoms. The Kier molecular flexibility index (Phi) is 8.81. The van der Waals surface area contributed by atoms with Gasteiger partial charge in [-0.2, -0.15) is 0 Å². The van der Waals surface area contributed by atoms with Gasteiger partial charge >= 0.3 is 5.97 Å². The largest absolute Gasteiger partial charge is 0.493 e. The highest BCUT2D eigenvalue weighted by Crippen LogP contribution is 2.42. The van der Waals surface area contributed by atoms with Crippen LogP contribution in [0.2, 0.25) is 0 Å². The number of unbranched alkanes of at least 4 members (excludes halogenated alkanes) is 4. The first-order valence-electron chi connectivity index (χ1n) is 12.6. The van der Waals surface area contributed by atoms with E-state index in [4.69, 9.17) is 4.74 Å². The minimum Gasteiger partial charge on any atom is -0.493 e. The van der Waals surface area contributed by atoms with Crippen LogP contribution in [0.4, 0.5) is 0 Å². The summed E-state index contributed by atoms with van der Waals surface area (Å²) >= 11 is 0. The second-order valence-electron chi connectivity index (χ2n) is 10.1. The number of fused-ring (bicyclic) bond motifs is 1. The molecule has 0 saturated heterocycles. The van der Waals surface area contributed by atoms with E-state index in [1.54, 1.807) is 24.3 Å². The minimum atomic E-state index is -3.41. The van der Waals surface area contributed by atoms with Crippen molar-refractivity contribution in [2.45, 2.75) is 83.0 Å². The predicted octanol–water partition coefficient (Wildman–Crippen LogP) is 7.14. The zero-order valence-electron chi connectivity index (χ0n) is 21.4. The van der Waals surface area contributed by atoms with Gasteiger partial charge in [0.05, 0.1) is 22.8 Å². The Morgan fingerprint density at radius 3 is 2.51 bits per heavy atom. The molecule has 1 aliphatic rings. The summed E-state index contributed by atoms with van der Waals surface area (Å²) in [4.78, 5) is 12.1. The first-order valence-corrected chi connectivity index (χ1v) is 14.3. The Bertz CT molecular complexity index is 1190. The molecule has 35 heavy (non-hydrogen) atoms. The zero-order valence-corrected chi connectivity index (χ0v) is 22.2. The van der Waals surface area contributed by atoms with Crippen molar-refractivity contribution in [3.05, 3.63) is 58.7 Å². The van der Waals surface area contributed by atoms with Gasteiger partial charge in [0.25, 0.3) is 0 Å². The van der Waals surface area contributed by atoms with Crippen molar-refractivity contribution in [3.8, 4) is 5.75 Å². The molecular weight excluding hydrogens is 460 g/mol. The molecule has 0 aliphatic carbocycles. The molecule has 5 nitrogen and oxygen atoms in total. The fourth-order valence-electron chi connectivity index (χ4n) is 4.74. The molecule has 0 unspecified atom stereocenters. The Balaban J connectivity index is 2.09. The standard InChI is InChI=1S/C29H38O5S/c1-5-6-7-8-11-16-34-26-20-27-25(29(3,4)15-12-17-35(27,32)33)19-24(26)21(2)18-22-13-9-10-14-23(22)28(30)31/h9-10,13-14,18-20H,5-8,11-12,15-17H2,1-4H3,(H,30,31)/b21-18+. The maximum atomic E-state index is 13.1. The number of aromatic carboxylic acids is 1. The smallest absolute Gasteiger partial charge is 0.336 e. The second-order valence-corrected chi connectivity index (χ2v) is 12.2. The summed E-state index contributed by atoms with van der Waals surface area (Å²) in [5, 5.41) is 9.60. The molecule has 1 N–H and O–H groups in total. The maximum Gasteiger partial charge on any atom is 0.336 e. The highest BCUT2D eigenvalue weighted by molar-refractivity contribution is 7.91. The summed E-state index contributed by atoms with van der Waals surface area (Å²) in [6.07, 6.45) is 8.74. The molecule has 190 valence electrons. The van der Waals surface area contributed by atoms with Gasteiger partial charge in [-0.3, -0.25) is 0 Å². The van der Waals surface area contributed by atoms with Crippen LogP contribution < -0.4 is 4.74 Å². The molecule has 0 amide bonds. The number of carboxylic acids is 1. The number of hydrogen-bond acceptors (Lipinski definition) is 4. The van der Waals surface area contributed by atoms with Crippen LogP contribution in [0.1, 0.15) is 99.7 Å². The molecular formula is C29H38O5S. The van der Waals surface area contributed by atoms with Gasteiger partial charge < -0.3 is 9.84 Å². The average Bonchev–Trinajstić information content (AvgIpc) is 2.88. The van der Waals surface area contributed by atoms with Crippen LogP contribution in [0.5, 0.6) is 5.75 Å². The van der Waals surface area contributed by atoms with Gasteiger partial charge in [0.2, 0.25) is 0 Å². The van der Waals surface area contributed by atoms with Gasteiger partial charge in [0.15, 0.2) is 9.84 Å². The van der Waals surface area contributed by atoms with E-state index in [2.05, 4.69) is 20.8 Å². The molecule has 0 spiro atoms. The van der Waals surface area contributed by atoms with E-state index >= 15 is 0 Å². The Morgan fingerprint density at radius 2 is 1.80 bits per heavy atom. The van der Waals surface area contributed by atoms with Crippen LogP contribution in [0, 0.1) is 0 Å². The topological polar surface area (TPSA) is 80.7 Å². The molecule has 0 atom stereocenters. The van der Waals surface area contributed by atoms with Crippen molar-refractivity contribution in [2.24, 2.45) is 0 Å². The fraction of sp³-hybridized carbons (Fsp3) is 0.483. The first kappa shape index (κ1) is 27.0. The van der Waals surface area contributed by atoms with Crippen molar-refractivity contribution < 1.29 is 23.1 Å². The number of sulfone groups is 1. The maximum absolute atomic E-state index is 13.1. The zero-order chi connectivity index (χ0) is 25.6. The summed E-state index contributed by atoms with van der Waals surface area (Å²) < 4.78 is 32.5. The first-order chi connectivity index (χ1) is 16.6. The van der Waals surface area contributed by atoms with Gasteiger partial charge in [-0.25, -0.2) is 13.2 Å². The normalized spacial score (nSPS) is 16.9. The van der Waals surface area contributed by atoms with Crippen molar-refractivity contribution >= 4 is 27.5 Å². The number of allylic oxidation sites excluding steroid dienone is 1. The lowest BCUT2D eigenvalue weighted by molar-refractivity contribution is 0.0696. The van der Waals surface area contributed by atoms with Crippen molar-refractivity contribution in [3.63, 3.8) is 0 Å². The van der Waals surface area contributed by atoms with Gasteiger partial charge in [-0.05, 0) is 66.5 Å². The van der Waals surface area contributed by atoms with Crippen LogP contribution >= 0.6 is 0 Å². The molecule has 3 rings (SSSR count). The predicted molar refractivity (Wildman–Crippen MR) is 142 cm³/mol. The van der Waals surface area contributed by atoms with E-state index in [9.17, 15) is 18.3 Å². The van der Waals surface area contributed by atoms with E-state index in [1.807, 2.05) is 25.1 Å². The molecule has 6 heteroatoms. The highest BCUT2D eigenvalue weighted by Gasteiger charge is 2.34. The van der Waals surface area contributed by atoms with Crippen LogP contribution in [-0.2, 0) is 15.3 Å². The summed E-state index contributed by atoms with van der Waals surface area (Å²) in [7, 11) is -3.41. The van der Waals surface area contributed by atoms with Crippen molar-refractivity contribution in [2.75, 3.05) is 12.4 Å². The molecule has 2 aromatic carbocycles. The number of carboxylic acid groups (broad SMARTS) is 1. The molecule has 0 radical (unpaired) electrons. The third-order valence-corrected chi connectivity index (χ3v) is 8.69. The van der Waals surface area contributed by atoms with E-state index in [-0.39, 0.29) is 16.7 Å². The summed E-state index contributed by atoms with van der Waals surface area (Å²) in [6, 6.07) is 10.5. The third-order valence-electron chi connectivity index (χ3n) is 6.85. The van der Waals surface area contributed by atoms with Gasteiger partial charge in [-0.1, -0.05) is 70.7 Å². The SMILES string of the molecule is CCCCCCCOc1cc2c(cc1/C(C)=C/c1ccccc1C(=O)O)C(C)(C)CCCS2(=O)=O. The molecule has 1 aliphatic heterocycles. The molecule has 1 heterocycles. The summed E-state index contributed by atoms with van der Waals surface area (Å²) in [5.74, 6) is -0.301. The monoisotopic (exact) mass is 498 g/mol. The van der Waals surface area contributed by atoms with Gasteiger partial charge in [-0.15, -0.1) is 0 Å². The summed E-state index contributed by atoms with van der Waals surface area (Å²) in [6.45, 7) is 8.79. The van der Waals surface area contributed by atoms with Gasteiger partial charge in [0.1, 0.15) is 5.75 Å². The van der Waals surface area contributed by atoms with Crippen LogP contribution in [-0.4, -0.2) is 31.9 Å². The molecule has 2 aromatic rings.